The zero-order valence-electron chi connectivity index (χ0n) is 16.7. The lowest BCUT2D eigenvalue weighted by Crippen LogP contribution is -2.39. The maximum Gasteiger partial charge on any atom is 0.145 e. The van der Waals surface area contributed by atoms with E-state index in [1.807, 2.05) is 35.2 Å². The van der Waals surface area contributed by atoms with Crippen LogP contribution in [0.5, 0.6) is 0 Å². The van der Waals surface area contributed by atoms with E-state index in [1.54, 1.807) is 12.1 Å². The molecule has 7 heteroatoms. The Labute approximate surface area is 181 Å². The van der Waals surface area contributed by atoms with E-state index in [2.05, 4.69) is 11.7 Å². The lowest BCUT2D eigenvalue weighted by atomic mass is 10.0. The first-order valence-corrected chi connectivity index (χ1v) is 10.2. The summed E-state index contributed by atoms with van der Waals surface area (Å²) >= 11 is 5.95. The second kappa shape index (κ2) is 11.2. The van der Waals surface area contributed by atoms with Crippen LogP contribution in [-0.2, 0) is 16.1 Å². The van der Waals surface area contributed by atoms with Crippen molar-refractivity contribution in [3.63, 3.8) is 0 Å². The second-order valence-electron chi connectivity index (χ2n) is 7.28. The summed E-state index contributed by atoms with van der Waals surface area (Å²) in [5.41, 5.74) is 2.65. The molecule has 1 aliphatic rings. The Hall–Kier alpha value is -2.25. The molecule has 0 fully saturated rings. The Morgan fingerprint density at radius 3 is 2.87 bits per heavy atom. The van der Waals surface area contributed by atoms with E-state index in [0.717, 1.165) is 16.8 Å². The van der Waals surface area contributed by atoms with Gasteiger partial charge in [-0.2, -0.15) is 0 Å². The van der Waals surface area contributed by atoms with Crippen molar-refractivity contribution >= 4 is 17.3 Å². The van der Waals surface area contributed by atoms with Crippen molar-refractivity contribution in [2.75, 3.05) is 26.3 Å². The first kappa shape index (κ1) is 22.4. The van der Waals surface area contributed by atoms with Crippen LogP contribution in [0.25, 0.3) is 0 Å². The molecular weight excluding hydrogens is 407 g/mol. The number of nitrogens with zero attached hydrogens (tertiary/aromatic N) is 2. The smallest absolute Gasteiger partial charge is 0.145 e. The number of benzene rings is 2. The quantitative estimate of drug-likeness (QED) is 0.430. The van der Waals surface area contributed by atoms with Crippen LogP contribution >= 0.6 is 11.6 Å². The van der Waals surface area contributed by atoms with E-state index in [9.17, 15) is 9.50 Å². The van der Waals surface area contributed by atoms with Gasteiger partial charge in [0.15, 0.2) is 0 Å². The molecule has 2 aromatic rings. The number of ether oxygens (including phenoxy) is 1. The number of hydrogen-bond donors (Lipinski definition) is 1. The Morgan fingerprint density at radius 2 is 2.13 bits per heavy atom. The van der Waals surface area contributed by atoms with Crippen LogP contribution in [0.15, 0.2) is 66.3 Å². The fourth-order valence-corrected chi connectivity index (χ4v) is 3.49. The predicted octanol–water partition coefficient (Wildman–Crippen LogP) is 4.04. The summed E-state index contributed by atoms with van der Waals surface area (Å²) in [5.74, 6) is -0.284. The summed E-state index contributed by atoms with van der Waals surface area (Å²) < 4.78 is 19.0. The minimum absolute atomic E-state index is 0.162. The number of aliphatic hydroxyl groups excluding tert-OH is 1. The molecule has 0 aromatic heterocycles. The molecule has 1 N–H and O–H groups in total. The molecule has 0 amide bonds. The Kier molecular flexibility index (Phi) is 8.39. The molecule has 2 aromatic carbocycles. The van der Waals surface area contributed by atoms with Crippen LogP contribution in [-0.4, -0.2) is 54.2 Å². The average molecular weight is 433 g/mol. The molecule has 2 atom stereocenters. The molecule has 0 aliphatic carbocycles. The molecule has 0 unspecified atom stereocenters. The maximum atomic E-state index is 13.6. The molecule has 160 valence electrons. The normalized spacial score (nSPS) is 16.9. The third-order valence-electron chi connectivity index (χ3n) is 4.68. The van der Waals surface area contributed by atoms with E-state index in [-0.39, 0.29) is 18.5 Å². The zero-order chi connectivity index (χ0) is 21.3. The molecule has 0 bridgehead atoms. The van der Waals surface area contributed by atoms with Gasteiger partial charge in [0.1, 0.15) is 11.9 Å². The first-order valence-electron chi connectivity index (χ1n) is 9.85. The van der Waals surface area contributed by atoms with Gasteiger partial charge in [0.05, 0.1) is 25.0 Å². The van der Waals surface area contributed by atoms with Gasteiger partial charge in [-0.1, -0.05) is 47.1 Å². The van der Waals surface area contributed by atoms with Gasteiger partial charge in [0, 0.05) is 31.1 Å². The minimum atomic E-state index is -0.684. The molecule has 1 aliphatic heterocycles. The molecule has 1 heterocycles. The van der Waals surface area contributed by atoms with E-state index in [4.69, 9.17) is 21.2 Å². The standard InChI is InChI=1S/C23H26ClFN2O3/c1-2-10-29-16-21(28)14-27(13-17-4-3-5-20(25)11-17)15-22-12-23(26-30-22)18-6-8-19(24)9-7-18/h2-9,11,21-22,28H,1,10,12-16H2/t21-,22-/m0/s1. The number of aliphatic hydroxyl groups is 1. The topological polar surface area (TPSA) is 54.3 Å². The fraction of sp³-hybridized carbons (Fsp3) is 0.348. The summed E-state index contributed by atoms with van der Waals surface area (Å²) in [6.07, 6.45) is 1.44. The SMILES string of the molecule is C=CCOC[C@@H](O)CN(Cc1cccc(F)c1)C[C@@H]1CC(c2ccc(Cl)cc2)=NO1. The summed E-state index contributed by atoms with van der Waals surface area (Å²) in [6.45, 7) is 5.56. The fourth-order valence-electron chi connectivity index (χ4n) is 3.36. The Morgan fingerprint density at radius 1 is 1.33 bits per heavy atom. The van der Waals surface area contributed by atoms with Gasteiger partial charge in [-0.15, -0.1) is 6.58 Å². The van der Waals surface area contributed by atoms with Gasteiger partial charge >= 0.3 is 0 Å². The Bertz CT molecular complexity index is 860. The van der Waals surface area contributed by atoms with Gasteiger partial charge in [-0.25, -0.2) is 4.39 Å². The van der Waals surface area contributed by atoms with Crippen LogP contribution in [0.2, 0.25) is 5.02 Å². The number of oxime groups is 1. The zero-order valence-corrected chi connectivity index (χ0v) is 17.5. The van der Waals surface area contributed by atoms with Crippen LogP contribution < -0.4 is 0 Å². The van der Waals surface area contributed by atoms with Gasteiger partial charge in [0.2, 0.25) is 0 Å². The summed E-state index contributed by atoms with van der Waals surface area (Å²) in [6, 6.07) is 13.9. The van der Waals surface area contributed by atoms with Gasteiger partial charge in [-0.05, 0) is 35.4 Å². The monoisotopic (exact) mass is 432 g/mol. The van der Waals surface area contributed by atoms with Crippen molar-refractivity contribution in [2.24, 2.45) is 5.16 Å². The summed E-state index contributed by atoms with van der Waals surface area (Å²) in [5, 5.41) is 15.2. The minimum Gasteiger partial charge on any atom is -0.390 e. The van der Waals surface area contributed by atoms with E-state index < -0.39 is 6.10 Å². The summed E-state index contributed by atoms with van der Waals surface area (Å²) in [4.78, 5) is 7.66. The lowest BCUT2D eigenvalue weighted by Gasteiger charge is -2.27. The van der Waals surface area contributed by atoms with Gasteiger partial charge in [0.25, 0.3) is 0 Å². The largest absolute Gasteiger partial charge is 0.390 e. The first-order chi connectivity index (χ1) is 14.5. The third-order valence-corrected chi connectivity index (χ3v) is 4.93. The molecule has 0 radical (unpaired) electrons. The van der Waals surface area contributed by atoms with Gasteiger partial charge in [-0.3, -0.25) is 4.90 Å². The highest BCUT2D eigenvalue weighted by Crippen LogP contribution is 2.20. The highest BCUT2D eigenvalue weighted by Gasteiger charge is 2.26. The number of halogens is 2. The maximum absolute atomic E-state index is 13.6. The number of hydrogen-bond acceptors (Lipinski definition) is 5. The van der Waals surface area contributed by atoms with Crippen LogP contribution in [0.3, 0.4) is 0 Å². The highest BCUT2D eigenvalue weighted by atomic mass is 35.5. The lowest BCUT2D eigenvalue weighted by molar-refractivity contribution is 0.00334. The van der Waals surface area contributed by atoms with Crippen molar-refractivity contribution in [2.45, 2.75) is 25.2 Å². The highest BCUT2D eigenvalue weighted by molar-refractivity contribution is 6.30. The third kappa shape index (κ3) is 6.92. The predicted molar refractivity (Wildman–Crippen MR) is 116 cm³/mol. The van der Waals surface area contributed by atoms with E-state index in [1.165, 1.54) is 12.1 Å². The molecule has 3 rings (SSSR count). The Balaban J connectivity index is 1.61. The van der Waals surface area contributed by atoms with Crippen LogP contribution in [0.1, 0.15) is 17.5 Å². The van der Waals surface area contributed by atoms with Crippen LogP contribution in [0, 0.1) is 5.82 Å². The average Bonchev–Trinajstić information content (AvgIpc) is 3.17. The van der Waals surface area contributed by atoms with E-state index in [0.29, 0.717) is 37.7 Å². The molecule has 30 heavy (non-hydrogen) atoms. The van der Waals surface area contributed by atoms with Crippen molar-refractivity contribution in [3.05, 3.63) is 83.2 Å². The molecule has 0 spiro atoms. The molecule has 0 saturated carbocycles. The molecule has 0 saturated heterocycles. The van der Waals surface area contributed by atoms with Crippen LogP contribution in [0.4, 0.5) is 4.39 Å². The van der Waals surface area contributed by atoms with Gasteiger partial charge < -0.3 is 14.7 Å². The number of rotatable bonds is 11. The van der Waals surface area contributed by atoms with Crippen molar-refractivity contribution in [1.29, 1.82) is 0 Å². The van der Waals surface area contributed by atoms with Crippen molar-refractivity contribution in [1.82, 2.24) is 4.90 Å². The van der Waals surface area contributed by atoms with Crippen molar-refractivity contribution < 1.29 is 19.1 Å². The second-order valence-corrected chi connectivity index (χ2v) is 7.72. The molecular formula is C23H26ClFN2O3. The molecule has 5 nitrogen and oxygen atoms in total. The van der Waals surface area contributed by atoms with Crippen molar-refractivity contribution in [3.8, 4) is 0 Å². The van der Waals surface area contributed by atoms with E-state index >= 15 is 0 Å². The summed E-state index contributed by atoms with van der Waals surface area (Å²) in [7, 11) is 0.